The molecular formula is C10H15N3O2. The fourth-order valence-corrected chi connectivity index (χ4v) is 1.40. The predicted molar refractivity (Wildman–Crippen MR) is 54.6 cm³/mol. The molecule has 0 radical (unpaired) electrons. The number of nitrogens with zero attached hydrogens (tertiary/aromatic N) is 2. The van der Waals surface area contributed by atoms with Gasteiger partial charge in [-0.25, -0.2) is 0 Å². The molecule has 1 N–H and O–H groups in total. The van der Waals surface area contributed by atoms with Crippen LogP contribution in [0.15, 0.2) is 12.3 Å². The van der Waals surface area contributed by atoms with Crippen molar-refractivity contribution in [1.29, 1.82) is 0 Å². The van der Waals surface area contributed by atoms with E-state index in [1.165, 1.54) is 0 Å². The number of aromatic nitrogens is 2. The lowest BCUT2D eigenvalue weighted by Gasteiger charge is -2.05. The van der Waals surface area contributed by atoms with Crippen molar-refractivity contribution in [3.8, 4) is 0 Å². The fourth-order valence-electron chi connectivity index (χ4n) is 1.40. The zero-order chi connectivity index (χ0) is 10.7. The van der Waals surface area contributed by atoms with Crippen LogP contribution in [0.5, 0.6) is 0 Å². The van der Waals surface area contributed by atoms with Crippen molar-refractivity contribution in [2.75, 3.05) is 13.2 Å². The molecule has 1 aromatic rings. The van der Waals surface area contributed by atoms with Crippen molar-refractivity contribution in [2.45, 2.75) is 26.0 Å². The summed E-state index contributed by atoms with van der Waals surface area (Å²) in [4.78, 5) is 11.7. The number of aryl methyl sites for hydroxylation is 1. The van der Waals surface area contributed by atoms with Gasteiger partial charge >= 0.3 is 0 Å². The molecule has 0 saturated carbocycles. The Balaban J connectivity index is 1.93. The molecule has 0 bridgehead atoms. The molecule has 1 aliphatic heterocycles. The smallest absolute Gasteiger partial charge is 0.269 e. The highest BCUT2D eigenvalue weighted by Crippen LogP contribution is 2.07. The van der Waals surface area contributed by atoms with E-state index >= 15 is 0 Å². The standard InChI is InChI=1S/C10H15N3O2/c1-2-5-13-9(3-4-12-13)10(14)11-6-8-7-15-8/h3-4,8H,2,5-7H2,1H3,(H,11,14)/t8-/m0/s1. The van der Waals surface area contributed by atoms with Crippen molar-refractivity contribution in [2.24, 2.45) is 0 Å². The molecule has 0 aromatic carbocycles. The molecule has 1 saturated heterocycles. The molecule has 0 unspecified atom stereocenters. The highest BCUT2D eigenvalue weighted by atomic mass is 16.6. The molecule has 0 aliphatic carbocycles. The number of carbonyl (C=O) groups excluding carboxylic acids is 1. The Bertz CT molecular complexity index is 344. The topological polar surface area (TPSA) is 59.5 Å². The Kier molecular flexibility index (Phi) is 3.01. The molecule has 2 rings (SSSR count). The normalized spacial score (nSPS) is 18.9. The predicted octanol–water partition coefficient (Wildman–Crippen LogP) is 0.422. The van der Waals surface area contributed by atoms with Gasteiger partial charge in [0.05, 0.1) is 12.7 Å². The number of epoxide rings is 1. The number of nitrogens with one attached hydrogen (secondary N) is 1. The van der Waals surface area contributed by atoms with Crippen LogP contribution in [0.4, 0.5) is 0 Å². The molecule has 1 aromatic heterocycles. The number of carbonyl (C=O) groups is 1. The van der Waals surface area contributed by atoms with Gasteiger partial charge in [0.1, 0.15) is 5.69 Å². The first kappa shape index (κ1) is 10.2. The summed E-state index contributed by atoms with van der Waals surface area (Å²) in [6, 6.07) is 1.73. The summed E-state index contributed by atoms with van der Waals surface area (Å²) in [5, 5.41) is 6.92. The monoisotopic (exact) mass is 209 g/mol. The SMILES string of the molecule is CCCn1nccc1C(=O)NC[C@H]1CO1. The average molecular weight is 209 g/mol. The van der Waals surface area contributed by atoms with E-state index in [2.05, 4.69) is 17.3 Å². The fraction of sp³-hybridized carbons (Fsp3) is 0.600. The largest absolute Gasteiger partial charge is 0.371 e. The molecule has 5 nitrogen and oxygen atoms in total. The maximum Gasteiger partial charge on any atom is 0.269 e. The number of hydrogen-bond donors (Lipinski definition) is 1. The van der Waals surface area contributed by atoms with E-state index in [-0.39, 0.29) is 12.0 Å². The zero-order valence-electron chi connectivity index (χ0n) is 8.77. The van der Waals surface area contributed by atoms with Gasteiger partial charge in [-0.15, -0.1) is 0 Å². The highest BCUT2D eigenvalue weighted by Gasteiger charge is 2.23. The molecular weight excluding hydrogens is 194 g/mol. The second-order valence-corrected chi connectivity index (χ2v) is 3.60. The van der Waals surface area contributed by atoms with E-state index in [0.717, 1.165) is 19.6 Å². The van der Waals surface area contributed by atoms with Gasteiger partial charge in [0.25, 0.3) is 5.91 Å². The van der Waals surface area contributed by atoms with Crippen molar-refractivity contribution in [3.63, 3.8) is 0 Å². The summed E-state index contributed by atoms with van der Waals surface area (Å²) in [5.41, 5.74) is 0.623. The van der Waals surface area contributed by atoms with Crippen LogP contribution >= 0.6 is 0 Å². The number of hydrogen-bond acceptors (Lipinski definition) is 3. The van der Waals surface area contributed by atoms with Crippen LogP contribution in [-0.4, -0.2) is 34.9 Å². The second-order valence-electron chi connectivity index (χ2n) is 3.60. The quantitative estimate of drug-likeness (QED) is 0.715. The minimum Gasteiger partial charge on any atom is -0.371 e. The lowest BCUT2D eigenvalue weighted by molar-refractivity contribution is 0.0939. The molecule has 2 heterocycles. The lowest BCUT2D eigenvalue weighted by Crippen LogP contribution is -2.29. The maximum absolute atomic E-state index is 11.7. The molecule has 1 atom stereocenters. The van der Waals surface area contributed by atoms with Crippen LogP contribution in [0.25, 0.3) is 0 Å². The summed E-state index contributed by atoms with van der Waals surface area (Å²) < 4.78 is 6.74. The van der Waals surface area contributed by atoms with Gasteiger partial charge in [-0.3, -0.25) is 9.48 Å². The number of ether oxygens (including phenoxy) is 1. The van der Waals surface area contributed by atoms with Crippen LogP contribution in [0, 0.1) is 0 Å². The Labute approximate surface area is 88.4 Å². The summed E-state index contributed by atoms with van der Waals surface area (Å²) >= 11 is 0. The molecule has 15 heavy (non-hydrogen) atoms. The first-order valence-corrected chi connectivity index (χ1v) is 5.23. The molecule has 1 amide bonds. The third-order valence-electron chi connectivity index (χ3n) is 2.28. The first-order chi connectivity index (χ1) is 7.31. The summed E-state index contributed by atoms with van der Waals surface area (Å²) in [5.74, 6) is -0.0727. The molecule has 1 fully saturated rings. The Morgan fingerprint density at radius 2 is 2.60 bits per heavy atom. The van der Waals surface area contributed by atoms with E-state index in [4.69, 9.17) is 4.74 Å². The van der Waals surface area contributed by atoms with Crippen LogP contribution in [0.3, 0.4) is 0 Å². The van der Waals surface area contributed by atoms with E-state index in [0.29, 0.717) is 12.2 Å². The van der Waals surface area contributed by atoms with Crippen LogP contribution in [0.2, 0.25) is 0 Å². The Morgan fingerprint density at radius 1 is 1.80 bits per heavy atom. The lowest BCUT2D eigenvalue weighted by atomic mass is 10.3. The minimum atomic E-state index is -0.0727. The van der Waals surface area contributed by atoms with Crippen LogP contribution < -0.4 is 5.32 Å². The van der Waals surface area contributed by atoms with E-state index in [9.17, 15) is 4.79 Å². The summed E-state index contributed by atoms with van der Waals surface area (Å²) in [7, 11) is 0. The average Bonchev–Trinajstić information content (AvgIpc) is 2.95. The van der Waals surface area contributed by atoms with Gasteiger partial charge in [0, 0.05) is 19.3 Å². The molecule has 5 heteroatoms. The third-order valence-corrected chi connectivity index (χ3v) is 2.28. The molecule has 82 valence electrons. The van der Waals surface area contributed by atoms with Gasteiger partial charge in [-0.2, -0.15) is 5.10 Å². The van der Waals surface area contributed by atoms with E-state index < -0.39 is 0 Å². The summed E-state index contributed by atoms with van der Waals surface area (Å²) in [6.45, 7) is 4.18. The highest BCUT2D eigenvalue weighted by molar-refractivity contribution is 5.92. The van der Waals surface area contributed by atoms with Crippen molar-refractivity contribution in [1.82, 2.24) is 15.1 Å². The van der Waals surface area contributed by atoms with Gasteiger partial charge in [0.15, 0.2) is 0 Å². The molecule has 0 spiro atoms. The van der Waals surface area contributed by atoms with Gasteiger partial charge in [-0.05, 0) is 12.5 Å². The van der Waals surface area contributed by atoms with Crippen LogP contribution in [-0.2, 0) is 11.3 Å². The molecule has 1 aliphatic rings. The van der Waals surface area contributed by atoms with Crippen molar-refractivity contribution in [3.05, 3.63) is 18.0 Å². The maximum atomic E-state index is 11.7. The van der Waals surface area contributed by atoms with Gasteiger partial charge < -0.3 is 10.1 Å². The summed E-state index contributed by atoms with van der Waals surface area (Å²) in [6.07, 6.45) is 2.84. The Morgan fingerprint density at radius 3 is 3.27 bits per heavy atom. The minimum absolute atomic E-state index is 0.0727. The van der Waals surface area contributed by atoms with Crippen LogP contribution in [0.1, 0.15) is 23.8 Å². The van der Waals surface area contributed by atoms with Crippen molar-refractivity contribution < 1.29 is 9.53 Å². The number of amides is 1. The second kappa shape index (κ2) is 4.44. The Hall–Kier alpha value is -1.36. The first-order valence-electron chi connectivity index (χ1n) is 5.23. The van der Waals surface area contributed by atoms with E-state index in [1.807, 2.05) is 0 Å². The van der Waals surface area contributed by atoms with Gasteiger partial charge in [0.2, 0.25) is 0 Å². The zero-order valence-corrected chi connectivity index (χ0v) is 8.77. The van der Waals surface area contributed by atoms with Gasteiger partial charge in [-0.1, -0.05) is 6.92 Å². The third kappa shape index (κ3) is 2.56. The van der Waals surface area contributed by atoms with Crippen molar-refractivity contribution >= 4 is 5.91 Å². The number of rotatable bonds is 5. The van der Waals surface area contributed by atoms with E-state index in [1.54, 1.807) is 16.9 Å².